The third-order valence-corrected chi connectivity index (χ3v) is 3.37. The first kappa shape index (κ1) is 12.7. The Labute approximate surface area is 117 Å². The smallest absolute Gasteiger partial charge is 0.277 e. The minimum absolute atomic E-state index is 0.115. The van der Waals surface area contributed by atoms with Crippen molar-refractivity contribution in [3.05, 3.63) is 42.0 Å². The van der Waals surface area contributed by atoms with E-state index in [1.165, 1.54) is 0 Å². The van der Waals surface area contributed by atoms with Crippen LogP contribution in [0.3, 0.4) is 0 Å². The number of hydrogen-bond donors (Lipinski definition) is 1. The van der Waals surface area contributed by atoms with Crippen molar-refractivity contribution in [1.29, 1.82) is 0 Å². The zero-order valence-corrected chi connectivity index (χ0v) is 11.4. The summed E-state index contributed by atoms with van der Waals surface area (Å²) in [7, 11) is 1.76. The number of anilines is 1. The quantitative estimate of drug-likeness (QED) is 0.906. The molecule has 0 spiro atoms. The Morgan fingerprint density at radius 1 is 1.50 bits per heavy atom. The van der Waals surface area contributed by atoms with Crippen LogP contribution in [0.5, 0.6) is 0 Å². The molecule has 3 rings (SSSR count). The summed E-state index contributed by atoms with van der Waals surface area (Å²) >= 11 is 0. The van der Waals surface area contributed by atoms with Crippen molar-refractivity contribution in [3.63, 3.8) is 0 Å². The predicted octanol–water partition coefficient (Wildman–Crippen LogP) is 1.20. The van der Waals surface area contributed by atoms with Gasteiger partial charge < -0.3 is 10.6 Å². The maximum atomic E-state index is 12.6. The van der Waals surface area contributed by atoms with Crippen molar-refractivity contribution in [2.75, 3.05) is 5.73 Å². The van der Waals surface area contributed by atoms with Crippen LogP contribution in [0.1, 0.15) is 29.0 Å². The lowest BCUT2D eigenvalue weighted by atomic mass is 10.2. The second-order valence-corrected chi connectivity index (χ2v) is 5.09. The molecular weight excluding hydrogens is 254 g/mol. The Morgan fingerprint density at radius 3 is 2.85 bits per heavy atom. The molecule has 0 saturated heterocycles. The summed E-state index contributed by atoms with van der Waals surface area (Å²) in [5.74, 6) is -0.115. The minimum atomic E-state index is -0.115. The van der Waals surface area contributed by atoms with Crippen molar-refractivity contribution in [2.24, 2.45) is 7.05 Å². The summed E-state index contributed by atoms with van der Waals surface area (Å²) in [5, 5.41) is 4.16. The molecule has 1 saturated carbocycles. The van der Waals surface area contributed by atoms with Gasteiger partial charge in [-0.3, -0.25) is 14.5 Å². The Kier molecular flexibility index (Phi) is 3.14. The van der Waals surface area contributed by atoms with E-state index in [1.807, 2.05) is 23.1 Å². The first-order valence-corrected chi connectivity index (χ1v) is 6.65. The number of pyridine rings is 1. The molecule has 1 amide bonds. The molecule has 104 valence electrons. The number of hydrogen-bond acceptors (Lipinski definition) is 4. The fourth-order valence-corrected chi connectivity index (χ4v) is 2.23. The second-order valence-electron chi connectivity index (χ2n) is 5.09. The van der Waals surface area contributed by atoms with Gasteiger partial charge in [-0.2, -0.15) is 5.10 Å². The fraction of sp³-hybridized carbons (Fsp3) is 0.357. The van der Waals surface area contributed by atoms with Crippen LogP contribution in [0.4, 0.5) is 5.69 Å². The molecule has 20 heavy (non-hydrogen) atoms. The number of aryl methyl sites for hydroxylation is 1. The van der Waals surface area contributed by atoms with E-state index in [9.17, 15) is 4.79 Å². The van der Waals surface area contributed by atoms with E-state index in [-0.39, 0.29) is 11.9 Å². The summed E-state index contributed by atoms with van der Waals surface area (Å²) in [5.41, 5.74) is 7.47. The van der Waals surface area contributed by atoms with Gasteiger partial charge in [0.1, 0.15) is 0 Å². The first-order valence-electron chi connectivity index (χ1n) is 6.65. The molecule has 0 bridgehead atoms. The average molecular weight is 271 g/mol. The molecule has 2 heterocycles. The molecule has 0 aliphatic heterocycles. The topological polar surface area (TPSA) is 77.0 Å². The Morgan fingerprint density at radius 2 is 2.30 bits per heavy atom. The Hall–Kier alpha value is -2.37. The van der Waals surface area contributed by atoms with E-state index in [0.29, 0.717) is 17.9 Å². The third kappa shape index (κ3) is 2.49. The van der Waals surface area contributed by atoms with Gasteiger partial charge in [-0.15, -0.1) is 0 Å². The Balaban J connectivity index is 1.84. The van der Waals surface area contributed by atoms with Crippen LogP contribution >= 0.6 is 0 Å². The van der Waals surface area contributed by atoms with Crippen molar-refractivity contribution >= 4 is 11.6 Å². The predicted molar refractivity (Wildman–Crippen MR) is 74.8 cm³/mol. The van der Waals surface area contributed by atoms with E-state index >= 15 is 0 Å². The number of carbonyl (C=O) groups is 1. The number of nitrogen functional groups attached to an aromatic ring is 1. The van der Waals surface area contributed by atoms with E-state index in [0.717, 1.165) is 18.5 Å². The number of nitrogens with zero attached hydrogens (tertiary/aromatic N) is 4. The van der Waals surface area contributed by atoms with Gasteiger partial charge in [-0.1, -0.05) is 6.07 Å². The molecule has 0 unspecified atom stereocenters. The number of nitrogens with two attached hydrogens (primary N) is 1. The molecular formula is C14H17N5O. The lowest BCUT2D eigenvalue weighted by Gasteiger charge is -2.21. The molecule has 1 aliphatic carbocycles. The maximum absolute atomic E-state index is 12.6. The third-order valence-electron chi connectivity index (χ3n) is 3.37. The largest absolute Gasteiger partial charge is 0.396 e. The molecule has 6 nitrogen and oxygen atoms in total. The molecule has 2 aromatic heterocycles. The van der Waals surface area contributed by atoms with E-state index in [1.54, 1.807) is 24.1 Å². The zero-order valence-electron chi connectivity index (χ0n) is 11.4. The molecule has 6 heteroatoms. The molecule has 2 N–H and O–H groups in total. The lowest BCUT2D eigenvalue weighted by molar-refractivity contribution is 0.0722. The van der Waals surface area contributed by atoms with Crippen LogP contribution in [0.2, 0.25) is 0 Å². The highest BCUT2D eigenvalue weighted by Crippen LogP contribution is 2.30. The maximum Gasteiger partial charge on any atom is 0.277 e. The van der Waals surface area contributed by atoms with Crippen LogP contribution in [0, 0.1) is 0 Å². The van der Waals surface area contributed by atoms with Crippen LogP contribution in [0.25, 0.3) is 0 Å². The van der Waals surface area contributed by atoms with Gasteiger partial charge in [0, 0.05) is 25.5 Å². The number of carbonyl (C=O) groups excluding carboxylic acids is 1. The molecule has 2 aromatic rings. The van der Waals surface area contributed by atoms with Gasteiger partial charge in [0.2, 0.25) is 0 Å². The normalized spacial score (nSPS) is 14.2. The number of aromatic nitrogens is 3. The summed E-state index contributed by atoms with van der Waals surface area (Å²) in [6.07, 6.45) is 5.45. The highest BCUT2D eigenvalue weighted by atomic mass is 16.2. The van der Waals surface area contributed by atoms with Gasteiger partial charge in [-0.25, -0.2) is 0 Å². The van der Waals surface area contributed by atoms with Crippen molar-refractivity contribution in [2.45, 2.75) is 25.4 Å². The van der Waals surface area contributed by atoms with Crippen LogP contribution in [0.15, 0.2) is 30.6 Å². The zero-order chi connectivity index (χ0) is 14.1. The van der Waals surface area contributed by atoms with E-state index in [4.69, 9.17) is 5.73 Å². The molecule has 0 radical (unpaired) electrons. The van der Waals surface area contributed by atoms with Gasteiger partial charge in [0.25, 0.3) is 5.91 Å². The SMILES string of the molecule is Cn1cc(N)c(C(=O)N(Cc2ccccn2)C2CC2)n1. The Bertz CT molecular complexity index is 618. The highest BCUT2D eigenvalue weighted by molar-refractivity contribution is 5.97. The monoisotopic (exact) mass is 271 g/mol. The van der Waals surface area contributed by atoms with Crippen LogP contribution < -0.4 is 5.73 Å². The number of rotatable bonds is 4. The molecule has 1 fully saturated rings. The molecule has 0 aromatic carbocycles. The van der Waals surface area contributed by atoms with Crippen LogP contribution in [-0.2, 0) is 13.6 Å². The van der Waals surface area contributed by atoms with Crippen LogP contribution in [-0.4, -0.2) is 31.6 Å². The first-order chi connectivity index (χ1) is 9.65. The summed E-state index contributed by atoms with van der Waals surface area (Å²) in [6.45, 7) is 0.500. The van der Waals surface area contributed by atoms with Gasteiger partial charge in [0.05, 0.1) is 17.9 Å². The average Bonchev–Trinajstić information content (AvgIpc) is 3.22. The lowest BCUT2D eigenvalue weighted by Crippen LogP contribution is -2.33. The summed E-state index contributed by atoms with van der Waals surface area (Å²) < 4.78 is 1.56. The van der Waals surface area contributed by atoms with E-state index < -0.39 is 0 Å². The standard InChI is InChI=1S/C14H17N5O/c1-18-9-12(15)13(17-18)14(20)19(11-5-6-11)8-10-4-2-3-7-16-10/h2-4,7,9,11H,5-6,8,15H2,1H3. The van der Waals surface area contributed by atoms with Crippen molar-refractivity contribution < 1.29 is 4.79 Å². The van der Waals surface area contributed by atoms with Gasteiger partial charge in [0.15, 0.2) is 5.69 Å². The van der Waals surface area contributed by atoms with Gasteiger partial charge >= 0.3 is 0 Å². The number of amides is 1. The minimum Gasteiger partial charge on any atom is -0.396 e. The summed E-state index contributed by atoms with van der Waals surface area (Å²) in [6, 6.07) is 5.99. The van der Waals surface area contributed by atoms with Gasteiger partial charge in [-0.05, 0) is 25.0 Å². The highest BCUT2D eigenvalue weighted by Gasteiger charge is 2.35. The summed E-state index contributed by atoms with van der Waals surface area (Å²) in [4.78, 5) is 18.7. The molecule has 1 aliphatic rings. The van der Waals surface area contributed by atoms with E-state index in [2.05, 4.69) is 10.1 Å². The molecule has 0 atom stereocenters. The van der Waals surface area contributed by atoms with Crippen molar-refractivity contribution in [1.82, 2.24) is 19.7 Å². The second kappa shape index (κ2) is 4.96. The fourth-order valence-electron chi connectivity index (χ4n) is 2.23. The van der Waals surface area contributed by atoms with Crippen molar-refractivity contribution in [3.8, 4) is 0 Å².